The molecular weight excluding hydrogens is 252 g/mol. The minimum atomic E-state index is -3.25. The van der Waals surface area contributed by atoms with Gasteiger partial charge in [0, 0.05) is 28.9 Å². The van der Waals surface area contributed by atoms with E-state index in [9.17, 15) is 8.42 Å². The van der Waals surface area contributed by atoms with Gasteiger partial charge in [0.05, 0.1) is 6.26 Å². The first-order valence-electron chi connectivity index (χ1n) is 5.68. The molecule has 1 aromatic heterocycles. The predicted octanol–water partition coefficient (Wildman–Crippen LogP) is 1.46. The minimum absolute atomic E-state index is 0.163. The third-order valence-corrected chi connectivity index (χ3v) is 3.19. The lowest BCUT2D eigenvalue weighted by atomic mass is 10.2. The molecule has 0 atom stereocenters. The van der Waals surface area contributed by atoms with E-state index in [-0.39, 0.29) is 6.61 Å². The van der Waals surface area contributed by atoms with Crippen LogP contribution >= 0.6 is 0 Å². The van der Waals surface area contributed by atoms with Gasteiger partial charge in [-0.2, -0.15) is 0 Å². The lowest BCUT2D eigenvalue weighted by molar-refractivity contribution is 0.288. The fraction of sp³-hybridized carbons (Fsp3) is 0.333. The van der Waals surface area contributed by atoms with Crippen molar-refractivity contribution in [3.8, 4) is 0 Å². The maximum Gasteiger partial charge on any atom is 0.229 e. The van der Waals surface area contributed by atoms with E-state index in [1.54, 1.807) is 12.1 Å². The van der Waals surface area contributed by atoms with E-state index in [0.717, 1.165) is 29.3 Å². The molecule has 2 rings (SSSR count). The Morgan fingerprint density at radius 2 is 2.11 bits per heavy atom. The second kappa shape index (κ2) is 4.99. The molecule has 0 radical (unpaired) electrons. The molecule has 1 heterocycles. The summed E-state index contributed by atoms with van der Waals surface area (Å²) in [5.41, 5.74) is 2.55. The van der Waals surface area contributed by atoms with Crippen LogP contribution in [-0.2, 0) is 16.4 Å². The quantitative estimate of drug-likeness (QED) is 0.768. The number of aliphatic hydroxyl groups is 1. The van der Waals surface area contributed by atoms with Gasteiger partial charge in [0.15, 0.2) is 0 Å². The summed E-state index contributed by atoms with van der Waals surface area (Å²) in [6, 6.07) is 7.31. The van der Waals surface area contributed by atoms with Crippen molar-refractivity contribution >= 4 is 26.6 Å². The molecule has 0 unspecified atom stereocenters. The average molecular weight is 268 g/mol. The summed E-state index contributed by atoms with van der Waals surface area (Å²) in [4.78, 5) is 3.23. The summed E-state index contributed by atoms with van der Waals surface area (Å²) >= 11 is 0. The second-order valence-electron chi connectivity index (χ2n) is 4.30. The smallest absolute Gasteiger partial charge is 0.229 e. The molecule has 0 bridgehead atoms. The summed E-state index contributed by atoms with van der Waals surface area (Å²) < 4.78 is 24.7. The molecule has 0 amide bonds. The van der Waals surface area contributed by atoms with Crippen LogP contribution in [0.1, 0.15) is 12.1 Å². The number of aliphatic hydroxyl groups excluding tert-OH is 1. The van der Waals surface area contributed by atoms with E-state index < -0.39 is 10.0 Å². The molecule has 1 aromatic carbocycles. The van der Waals surface area contributed by atoms with Crippen molar-refractivity contribution in [1.82, 2.24) is 4.98 Å². The Balaban J connectivity index is 2.28. The van der Waals surface area contributed by atoms with Gasteiger partial charge in [-0.25, -0.2) is 8.42 Å². The molecule has 0 saturated carbocycles. The van der Waals surface area contributed by atoms with Crippen LogP contribution in [0.2, 0.25) is 0 Å². The van der Waals surface area contributed by atoms with E-state index in [4.69, 9.17) is 5.11 Å². The number of aromatic nitrogens is 1. The number of sulfonamides is 1. The van der Waals surface area contributed by atoms with Gasteiger partial charge >= 0.3 is 0 Å². The lowest BCUT2D eigenvalue weighted by Crippen LogP contribution is -2.09. The van der Waals surface area contributed by atoms with E-state index >= 15 is 0 Å². The van der Waals surface area contributed by atoms with Crippen molar-refractivity contribution in [3.63, 3.8) is 0 Å². The van der Waals surface area contributed by atoms with Crippen LogP contribution < -0.4 is 4.72 Å². The molecule has 98 valence electrons. The fourth-order valence-electron chi connectivity index (χ4n) is 1.87. The Bertz CT molecular complexity index is 646. The Morgan fingerprint density at radius 1 is 1.33 bits per heavy atom. The monoisotopic (exact) mass is 268 g/mol. The predicted molar refractivity (Wildman–Crippen MR) is 72.2 cm³/mol. The van der Waals surface area contributed by atoms with Gasteiger partial charge in [-0.15, -0.1) is 0 Å². The Hall–Kier alpha value is -1.53. The molecule has 6 heteroatoms. The van der Waals surface area contributed by atoms with Crippen LogP contribution in [0.4, 0.5) is 5.69 Å². The van der Waals surface area contributed by atoms with Crippen LogP contribution in [-0.4, -0.2) is 31.4 Å². The first kappa shape index (κ1) is 12.9. The van der Waals surface area contributed by atoms with Gasteiger partial charge in [0.2, 0.25) is 10.0 Å². The van der Waals surface area contributed by atoms with Crippen molar-refractivity contribution in [2.45, 2.75) is 12.8 Å². The van der Waals surface area contributed by atoms with E-state index in [1.165, 1.54) is 0 Å². The minimum Gasteiger partial charge on any atom is -0.396 e. The second-order valence-corrected chi connectivity index (χ2v) is 6.05. The van der Waals surface area contributed by atoms with Gasteiger partial charge in [-0.3, -0.25) is 4.72 Å². The average Bonchev–Trinajstić information content (AvgIpc) is 2.66. The molecule has 0 saturated heterocycles. The fourth-order valence-corrected chi connectivity index (χ4v) is 2.43. The van der Waals surface area contributed by atoms with E-state index in [1.807, 2.05) is 12.1 Å². The van der Waals surface area contributed by atoms with Crippen LogP contribution in [0.15, 0.2) is 24.3 Å². The van der Waals surface area contributed by atoms with Gasteiger partial charge in [0.25, 0.3) is 0 Å². The highest BCUT2D eigenvalue weighted by Gasteiger charge is 2.05. The Labute approximate surface area is 106 Å². The van der Waals surface area contributed by atoms with Crippen LogP contribution in [0.5, 0.6) is 0 Å². The molecule has 2 aromatic rings. The Morgan fingerprint density at radius 3 is 2.78 bits per heavy atom. The number of benzene rings is 1. The SMILES string of the molecule is CS(=O)(=O)Nc1ccc2[nH]c(CCCO)cc2c1. The highest BCUT2D eigenvalue weighted by atomic mass is 32.2. The summed E-state index contributed by atoms with van der Waals surface area (Å²) in [5, 5.41) is 9.74. The zero-order valence-electron chi connectivity index (χ0n) is 10.1. The van der Waals surface area contributed by atoms with Crippen LogP contribution in [0.3, 0.4) is 0 Å². The molecule has 5 nitrogen and oxygen atoms in total. The highest BCUT2D eigenvalue weighted by molar-refractivity contribution is 7.92. The number of anilines is 1. The van der Waals surface area contributed by atoms with E-state index in [0.29, 0.717) is 12.1 Å². The summed E-state index contributed by atoms with van der Waals surface area (Å²) in [7, 11) is -3.25. The molecule has 0 fully saturated rings. The maximum atomic E-state index is 11.1. The van der Waals surface area contributed by atoms with Gasteiger partial charge in [0.1, 0.15) is 0 Å². The number of nitrogens with one attached hydrogen (secondary N) is 2. The normalized spacial score (nSPS) is 11.9. The number of H-pyrrole nitrogens is 1. The topological polar surface area (TPSA) is 82.2 Å². The van der Waals surface area contributed by atoms with Gasteiger partial charge in [-0.1, -0.05) is 0 Å². The Kier molecular flexibility index (Phi) is 3.58. The molecule has 0 spiro atoms. The molecular formula is C12H16N2O3S. The first-order chi connectivity index (χ1) is 8.48. The van der Waals surface area contributed by atoms with Crippen molar-refractivity contribution in [1.29, 1.82) is 0 Å². The largest absolute Gasteiger partial charge is 0.396 e. The van der Waals surface area contributed by atoms with Crippen LogP contribution in [0.25, 0.3) is 10.9 Å². The van der Waals surface area contributed by atoms with Gasteiger partial charge < -0.3 is 10.1 Å². The molecule has 18 heavy (non-hydrogen) atoms. The lowest BCUT2D eigenvalue weighted by Gasteiger charge is -2.02. The maximum absolute atomic E-state index is 11.1. The van der Waals surface area contributed by atoms with Crippen molar-refractivity contribution < 1.29 is 13.5 Å². The number of rotatable bonds is 5. The molecule has 0 aliphatic rings. The number of aromatic amines is 1. The van der Waals surface area contributed by atoms with Crippen molar-refractivity contribution in [3.05, 3.63) is 30.0 Å². The first-order valence-corrected chi connectivity index (χ1v) is 7.57. The zero-order chi connectivity index (χ0) is 13.2. The third kappa shape index (κ3) is 3.24. The van der Waals surface area contributed by atoms with Crippen LogP contribution in [0, 0.1) is 0 Å². The molecule has 0 aliphatic carbocycles. The summed E-state index contributed by atoms with van der Waals surface area (Å²) in [6.07, 6.45) is 2.61. The number of aryl methyl sites for hydroxylation is 1. The zero-order valence-corrected chi connectivity index (χ0v) is 10.9. The van der Waals surface area contributed by atoms with Gasteiger partial charge in [-0.05, 0) is 37.1 Å². The standard InChI is InChI=1S/C12H16N2O3S/c1-18(16,17)14-11-4-5-12-9(8-11)7-10(13-12)3-2-6-15/h4-5,7-8,13-15H,2-3,6H2,1H3. The van der Waals surface area contributed by atoms with Crippen molar-refractivity contribution in [2.24, 2.45) is 0 Å². The number of fused-ring (bicyclic) bond motifs is 1. The highest BCUT2D eigenvalue weighted by Crippen LogP contribution is 2.21. The molecule has 0 aliphatic heterocycles. The van der Waals surface area contributed by atoms with Crippen molar-refractivity contribution in [2.75, 3.05) is 17.6 Å². The summed E-state index contributed by atoms with van der Waals surface area (Å²) in [6.45, 7) is 0.163. The number of hydrogen-bond donors (Lipinski definition) is 3. The summed E-state index contributed by atoms with van der Waals surface area (Å²) in [5.74, 6) is 0. The van der Waals surface area contributed by atoms with E-state index in [2.05, 4.69) is 9.71 Å². The number of hydrogen-bond acceptors (Lipinski definition) is 3. The molecule has 3 N–H and O–H groups in total. The third-order valence-electron chi connectivity index (χ3n) is 2.58.